The number of nitrogens with zero attached hydrogens (tertiary/aromatic N) is 1. The number of carbonyl (C=O) groups excluding carboxylic acids is 1. The highest BCUT2D eigenvalue weighted by atomic mass is 16.5. The van der Waals surface area contributed by atoms with E-state index in [4.69, 9.17) is 4.74 Å². The summed E-state index contributed by atoms with van der Waals surface area (Å²) in [7, 11) is 0. The molecule has 17 heavy (non-hydrogen) atoms. The Balaban J connectivity index is 3.37. The number of rotatable bonds is 0. The van der Waals surface area contributed by atoms with Gasteiger partial charge in [0.05, 0.1) is 12.2 Å². The van der Waals surface area contributed by atoms with Crippen LogP contribution in [0.25, 0.3) is 0 Å². The fourth-order valence-electron chi connectivity index (χ4n) is 2.17. The normalized spacial score (nSPS) is 18.2. The zero-order chi connectivity index (χ0) is 13.4. The van der Waals surface area contributed by atoms with Crippen molar-refractivity contribution in [2.24, 2.45) is 10.8 Å². The predicted octanol–water partition coefficient (Wildman–Crippen LogP) is 3.17. The van der Waals surface area contributed by atoms with Gasteiger partial charge < -0.3 is 9.64 Å². The summed E-state index contributed by atoms with van der Waals surface area (Å²) in [6.45, 7) is 15.6. The van der Waals surface area contributed by atoms with Crippen LogP contribution in [0.3, 0.4) is 0 Å². The van der Waals surface area contributed by atoms with Gasteiger partial charge in [-0.15, -0.1) is 0 Å². The second-order valence-electron chi connectivity index (χ2n) is 6.70. The molecule has 3 heteroatoms. The van der Waals surface area contributed by atoms with Crippen molar-refractivity contribution < 1.29 is 9.53 Å². The molecule has 0 aromatic carbocycles. The summed E-state index contributed by atoms with van der Waals surface area (Å²) in [5.74, 6) is 1.05. The molecule has 0 aromatic heterocycles. The Morgan fingerprint density at radius 2 is 1.65 bits per heavy atom. The van der Waals surface area contributed by atoms with Gasteiger partial charge in [-0.1, -0.05) is 41.5 Å². The first kappa shape index (κ1) is 14.1. The third-order valence-electron chi connectivity index (χ3n) is 2.82. The van der Waals surface area contributed by atoms with E-state index in [1.165, 1.54) is 0 Å². The molecule has 98 valence electrons. The van der Waals surface area contributed by atoms with Crippen molar-refractivity contribution in [3.05, 3.63) is 11.5 Å². The van der Waals surface area contributed by atoms with E-state index >= 15 is 0 Å². The van der Waals surface area contributed by atoms with Crippen molar-refractivity contribution in [1.82, 2.24) is 4.90 Å². The fourth-order valence-corrected chi connectivity index (χ4v) is 2.17. The SMILES string of the molecule is CC(=O)N1CCOC(C(C)(C)C)=C1C(C)(C)C. The average Bonchev–Trinajstić information content (AvgIpc) is 2.13. The van der Waals surface area contributed by atoms with Gasteiger partial charge in [-0.05, 0) is 0 Å². The Kier molecular flexibility index (Phi) is 3.60. The van der Waals surface area contributed by atoms with Gasteiger partial charge in [0.1, 0.15) is 12.4 Å². The van der Waals surface area contributed by atoms with Crippen LogP contribution in [0.2, 0.25) is 0 Å². The standard InChI is InChI=1S/C14H25NO2/c1-10(16)15-8-9-17-12(14(5,6)7)11(15)13(2,3)4/h8-9H2,1-7H3. The van der Waals surface area contributed by atoms with E-state index in [1.54, 1.807) is 6.92 Å². The average molecular weight is 239 g/mol. The zero-order valence-corrected chi connectivity index (χ0v) is 12.2. The van der Waals surface area contributed by atoms with Crippen LogP contribution in [0.1, 0.15) is 48.5 Å². The first-order valence-electron chi connectivity index (χ1n) is 6.21. The van der Waals surface area contributed by atoms with E-state index in [1.807, 2.05) is 4.90 Å². The van der Waals surface area contributed by atoms with Crippen LogP contribution in [-0.4, -0.2) is 24.0 Å². The first-order valence-corrected chi connectivity index (χ1v) is 6.21. The molecule has 0 aliphatic carbocycles. The molecule has 0 radical (unpaired) electrons. The summed E-state index contributed by atoms with van der Waals surface area (Å²) >= 11 is 0. The molecule has 0 saturated carbocycles. The van der Waals surface area contributed by atoms with Gasteiger partial charge >= 0.3 is 0 Å². The van der Waals surface area contributed by atoms with Gasteiger partial charge in [0, 0.05) is 17.8 Å². The molecule has 1 rings (SSSR count). The number of hydrogen-bond donors (Lipinski definition) is 0. The molecule has 0 atom stereocenters. The Hall–Kier alpha value is -0.990. The maximum Gasteiger partial charge on any atom is 0.223 e. The maximum atomic E-state index is 11.8. The number of amides is 1. The monoisotopic (exact) mass is 239 g/mol. The molecule has 0 N–H and O–H groups in total. The summed E-state index contributed by atoms with van der Waals surface area (Å²) in [6.07, 6.45) is 0. The molecule has 3 nitrogen and oxygen atoms in total. The molecular weight excluding hydrogens is 214 g/mol. The smallest absolute Gasteiger partial charge is 0.223 e. The van der Waals surface area contributed by atoms with Crippen LogP contribution in [0.4, 0.5) is 0 Å². The van der Waals surface area contributed by atoms with Gasteiger partial charge in [-0.3, -0.25) is 4.79 Å². The topological polar surface area (TPSA) is 29.5 Å². The molecule has 0 aromatic rings. The maximum absolute atomic E-state index is 11.8. The van der Waals surface area contributed by atoms with Crippen molar-refractivity contribution in [1.29, 1.82) is 0 Å². The summed E-state index contributed by atoms with van der Waals surface area (Å²) < 4.78 is 5.85. The molecular formula is C14H25NO2. The number of hydrogen-bond acceptors (Lipinski definition) is 2. The van der Waals surface area contributed by atoms with Crippen molar-refractivity contribution in [3.63, 3.8) is 0 Å². The third kappa shape index (κ3) is 3.02. The molecule has 0 fully saturated rings. The van der Waals surface area contributed by atoms with E-state index in [9.17, 15) is 4.79 Å². The van der Waals surface area contributed by atoms with E-state index in [0.717, 1.165) is 11.5 Å². The van der Waals surface area contributed by atoms with Crippen LogP contribution >= 0.6 is 0 Å². The van der Waals surface area contributed by atoms with Crippen molar-refractivity contribution in [3.8, 4) is 0 Å². The minimum Gasteiger partial charge on any atom is -0.494 e. The summed E-state index contributed by atoms with van der Waals surface area (Å²) in [5, 5.41) is 0. The second kappa shape index (κ2) is 4.35. The lowest BCUT2D eigenvalue weighted by Gasteiger charge is -2.41. The minimum atomic E-state index is -0.0886. The Morgan fingerprint density at radius 3 is 2.00 bits per heavy atom. The quantitative estimate of drug-likeness (QED) is 0.650. The highest BCUT2D eigenvalue weighted by Gasteiger charge is 2.37. The van der Waals surface area contributed by atoms with Crippen LogP contribution in [-0.2, 0) is 9.53 Å². The summed E-state index contributed by atoms with van der Waals surface area (Å²) in [6, 6.07) is 0. The third-order valence-corrected chi connectivity index (χ3v) is 2.82. The van der Waals surface area contributed by atoms with E-state index in [2.05, 4.69) is 41.5 Å². The van der Waals surface area contributed by atoms with Crippen LogP contribution in [0.5, 0.6) is 0 Å². The lowest BCUT2D eigenvalue weighted by atomic mass is 9.82. The lowest BCUT2D eigenvalue weighted by molar-refractivity contribution is -0.130. The lowest BCUT2D eigenvalue weighted by Crippen LogP contribution is -2.43. The Labute approximate surface area is 105 Å². The highest BCUT2D eigenvalue weighted by Crippen LogP contribution is 2.40. The van der Waals surface area contributed by atoms with E-state index in [-0.39, 0.29) is 16.7 Å². The highest BCUT2D eigenvalue weighted by molar-refractivity contribution is 5.75. The van der Waals surface area contributed by atoms with Crippen molar-refractivity contribution >= 4 is 5.91 Å². The zero-order valence-electron chi connectivity index (χ0n) is 12.2. The Morgan fingerprint density at radius 1 is 1.12 bits per heavy atom. The fraction of sp³-hybridized carbons (Fsp3) is 0.786. The molecule has 0 spiro atoms. The van der Waals surface area contributed by atoms with Crippen LogP contribution in [0.15, 0.2) is 11.5 Å². The van der Waals surface area contributed by atoms with Gasteiger partial charge in [0.25, 0.3) is 0 Å². The van der Waals surface area contributed by atoms with E-state index in [0.29, 0.717) is 13.2 Å². The molecule has 1 aliphatic rings. The van der Waals surface area contributed by atoms with Gasteiger partial charge in [-0.25, -0.2) is 0 Å². The summed E-state index contributed by atoms with van der Waals surface area (Å²) in [4.78, 5) is 13.6. The number of allylic oxidation sites excluding steroid dienone is 2. The Bertz CT molecular complexity index is 342. The predicted molar refractivity (Wildman–Crippen MR) is 69.3 cm³/mol. The summed E-state index contributed by atoms with van der Waals surface area (Å²) in [5.41, 5.74) is 0.870. The number of ether oxygens (including phenoxy) is 1. The van der Waals surface area contributed by atoms with Gasteiger partial charge in [0.2, 0.25) is 5.91 Å². The van der Waals surface area contributed by atoms with E-state index < -0.39 is 0 Å². The molecule has 1 amide bonds. The minimum absolute atomic E-state index is 0.0727. The molecule has 0 bridgehead atoms. The molecule has 1 aliphatic heterocycles. The van der Waals surface area contributed by atoms with Gasteiger partial charge in [-0.2, -0.15) is 0 Å². The molecule has 0 saturated heterocycles. The van der Waals surface area contributed by atoms with Crippen molar-refractivity contribution in [2.45, 2.75) is 48.5 Å². The molecule has 1 heterocycles. The van der Waals surface area contributed by atoms with Crippen LogP contribution < -0.4 is 0 Å². The van der Waals surface area contributed by atoms with Crippen molar-refractivity contribution in [2.75, 3.05) is 13.2 Å². The second-order valence-corrected chi connectivity index (χ2v) is 6.70. The number of carbonyl (C=O) groups is 1. The molecule has 0 unspecified atom stereocenters. The largest absolute Gasteiger partial charge is 0.494 e. The first-order chi connectivity index (χ1) is 7.55. The van der Waals surface area contributed by atoms with Crippen LogP contribution in [0, 0.1) is 10.8 Å². The van der Waals surface area contributed by atoms with Gasteiger partial charge in [0.15, 0.2) is 0 Å².